The van der Waals surface area contributed by atoms with Gasteiger partial charge >= 0.3 is 0 Å². The number of hydrogen-bond donors (Lipinski definition) is 2. The number of methoxy groups -OCH3 is 3. The molecule has 3 aromatic rings. The van der Waals surface area contributed by atoms with Crippen LogP contribution in [0.1, 0.15) is 0 Å². The average Bonchev–Trinajstić information content (AvgIpc) is 2.77. The third kappa shape index (κ3) is 5.65. The highest BCUT2D eigenvalue weighted by molar-refractivity contribution is 5.67. The van der Waals surface area contributed by atoms with Gasteiger partial charge in [-0.25, -0.2) is 9.97 Å². The fourth-order valence-corrected chi connectivity index (χ4v) is 2.59. The van der Waals surface area contributed by atoms with Crippen molar-refractivity contribution in [3.8, 4) is 23.0 Å². The van der Waals surface area contributed by atoms with Crippen LogP contribution in [-0.4, -0.2) is 44.4 Å². The SMILES string of the molecule is COc1ccc(OCCNc2cc(Nc3cc(OC)ccc3OC)ncn2)cc1. The van der Waals surface area contributed by atoms with E-state index in [0.717, 1.165) is 22.9 Å². The minimum absolute atomic E-state index is 0.489. The van der Waals surface area contributed by atoms with E-state index in [4.69, 9.17) is 18.9 Å². The molecule has 8 nitrogen and oxygen atoms in total. The van der Waals surface area contributed by atoms with Gasteiger partial charge in [0, 0.05) is 12.1 Å². The van der Waals surface area contributed by atoms with E-state index in [9.17, 15) is 0 Å². The number of aromatic nitrogens is 2. The number of benzene rings is 2. The highest BCUT2D eigenvalue weighted by atomic mass is 16.5. The zero-order chi connectivity index (χ0) is 20.5. The summed E-state index contributed by atoms with van der Waals surface area (Å²) in [6.07, 6.45) is 1.49. The fraction of sp³-hybridized carbons (Fsp3) is 0.238. The Balaban J connectivity index is 1.55. The van der Waals surface area contributed by atoms with Crippen molar-refractivity contribution >= 4 is 17.3 Å². The summed E-state index contributed by atoms with van der Waals surface area (Å²) >= 11 is 0. The van der Waals surface area contributed by atoms with Crippen LogP contribution in [0, 0.1) is 0 Å². The standard InChI is InChI=1S/C21H24N4O4/c1-26-15-4-6-16(7-5-15)29-11-10-22-20-13-21(24-14-23-20)25-18-12-17(27-2)8-9-19(18)28-3/h4-9,12-14H,10-11H2,1-3H3,(H2,22,23,24,25). The minimum atomic E-state index is 0.489. The summed E-state index contributed by atoms with van der Waals surface area (Å²) in [5, 5.41) is 6.44. The van der Waals surface area contributed by atoms with Crippen LogP contribution < -0.4 is 29.6 Å². The molecule has 0 fully saturated rings. The first-order valence-corrected chi connectivity index (χ1v) is 9.03. The molecule has 0 aliphatic heterocycles. The van der Waals surface area contributed by atoms with Crippen LogP contribution in [0.2, 0.25) is 0 Å². The summed E-state index contributed by atoms with van der Waals surface area (Å²) in [6.45, 7) is 1.08. The topological polar surface area (TPSA) is 86.8 Å². The summed E-state index contributed by atoms with van der Waals surface area (Å²) < 4.78 is 21.5. The van der Waals surface area contributed by atoms with Crippen LogP contribution in [0.4, 0.5) is 17.3 Å². The predicted octanol–water partition coefficient (Wildman–Crippen LogP) is 3.74. The molecule has 0 bridgehead atoms. The normalized spacial score (nSPS) is 10.2. The van der Waals surface area contributed by atoms with Crippen LogP contribution >= 0.6 is 0 Å². The van der Waals surface area contributed by atoms with Crippen LogP contribution in [-0.2, 0) is 0 Å². The van der Waals surface area contributed by atoms with Crippen molar-refractivity contribution in [2.24, 2.45) is 0 Å². The van der Waals surface area contributed by atoms with Gasteiger partial charge in [0.1, 0.15) is 47.6 Å². The van der Waals surface area contributed by atoms with Gasteiger partial charge in [-0.15, -0.1) is 0 Å². The predicted molar refractivity (Wildman–Crippen MR) is 112 cm³/mol. The van der Waals surface area contributed by atoms with Crippen LogP contribution in [0.25, 0.3) is 0 Å². The molecule has 0 unspecified atom stereocenters. The zero-order valence-electron chi connectivity index (χ0n) is 16.6. The van der Waals surface area contributed by atoms with Crippen LogP contribution in [0.3, 0.4) is 0 Å². The largest absolute Gasteiger partial charge is 0.497 e. The van der Waals surface area contributed by atoms with Crippen molar-refractivity contribution in [1.29, 1.82) is 0 Å². The van der Waals surface area contributed by atoms with Crippen LogP contribution in [0.5, 0.6) is 23.0 Å². The summed E-state index contributed by atoms with van der Waals surface area (Å²) in [5.41, 5.74) is 0.749. The molecule has 29 heavy (non-hydrogen) atoms. The first-order chi connectivity index (χ1) is 14.2. The maximum absolute atomic E-state index is 5.70. The number of nitrogens with one attached hydrogen (secondary N) is 2. The van der Waals surface area contributed by atoms with E-state index in [0.29, 0.717) is 30.5 Å². The van der Waals surface area contributed by atoms with Crippen molar-refractivity contribution in [1.82, 2.24) is 9.97 Å². The Kier molecular flexibility index (Phi) is 6.94. The molecule has 8 heteroatoms. The number of hydrogen-bond acceptors (Lipinski definition) is 8. The lowest BCUT2D eigenvalue weighted by molar-refractivity contribution is 0.331. The van der Waals surface area contributed by atoms with Gasteiger partial charge < -0.3 is 29.6 Å². The highest BCUT2D eigenvalue weighted by Gasteiger charge is 2.07. The Bertz CT molecular complexity index is 919. The zero-order valence-corrected chi connectivity index (χ0v) is 16.6. The summed E-state index contributed by atoms with van der Waals surface area (Å²) in [7, 11) is 4.87. The summed E-state index contributed by atoms with van der Waals surface area (Å²) in [5.74, 6) is 4.29. The number of rotatable bonds is 10. The molecule has 0 aliphatic carbocycles. The molecule has 3 rings (SSSR count). The number of nitrogens with zero attached hydrogens (tertiary/aromatic N) is 2. The fourth-order valence-electron chi connectivity index (χ4n) is 2.59. The van der Waals surface area contributed by atoms with Gasteiger partial charge in [-0.1, -0.05) is 0 Å². The maximum Gasteiger partial charge on any atom is 0.142 e. The monoisotopic (exact) mass is 396 g/mol. The van der Waals surface area contributed by atoms with Crippen molar-refractivity contribution in [3.63, 3.8) is 0 Å². The van der Waals surface area contributed by atoms with Gasteiger partial charge in [0.25, 0.3) is 0 Å². The molecule has 2 N–H and O–H groups in total. The Morgan fingerprint density at radius 1 is 0.759 bits per heavy atom. The Morgan fingerprint density at radius 3 is 2.17 bits per heavy atom. The first-order valence-electron chi connectivity index (χ1n) is 9.03. The quantitative estimate of drug-likeness (QED) is 0.501. The molecule has 152 valence electrons. The summed E-state index contributed by atoms with van der Waals surface area (Å²) in [6, 6.07) is 14.8. The number of anilines is 3. The van der Waals surface area contributed by atoms with Gasteiger partial charge in [0.05, 0.1) is 33.6 Å². The lowest BCUT2D eigenvalue weighted by Crippen LogP contribution is -2.12. The van der Waals surface area contributed by atoms with Gasteiger partial charge in [-0.2, -0.15) is 0 Å². The second-order valence-corrected chi connectivity index (χ2v) is 5.93. The van der Waals surface area contributed by atoms with E-state index in [2.05, 4.69) is 20.6 Å². The molecule has 0 saturated carbocycles. The molecular weight excluding hydrogens is 372 g/mol. The minimum Gasteiger partial charge on any atom is -0.497 e. The molecule has 1 aromatic heterocycles. The Labute approximate surface area is 169 Å². The van der Waals surface area contributed by atoms with E-state index in [1.54, 1.807) is 21.3 Å². The van der Waals surface area contributed by atoms with E-state index in [1.807, 2.05) is 48.5 Å². The van der Waals surface area contributed by atoms with E-state index < -0.39 is 0 Å². The second kappa shape index (κ2) is 10.0. The van der Waals surface area contributed by atoms with Gasteiger partial charge in [0.15, 0.2) is 0 Å². The third-order valence-electron chi connectivity index (χ3n) is 4.07. The average molecular weight is 396 g/mol. The Morgan fingerprint density at radius 2 is 1.45 bits per heavy atom. The summed E-state index contributed by atoms with van der Waals surface area (Å²) in [4.78, 5) is 8.49. The van der Waals surface area contributed by atoms with Crippen molar-refractivity contribution in [2.45, 2.75) is 0 Å². The molecule has 1 heterocycles. The molecule has 0 aliphatic rings. The van der Waals surface area contributed by atoms with Crippen molar-refractivity contribution in [2.75, 3.05) is 45.1 Å². The Hall–Kier alpha value is -3.68. The molecular formula is C21H24N4O4. The van der Waals surface area contributed by atoms with E-state index >= 15 is 0 Å². The molecule has 0 radical (unpaired) electrons. The van der Waals surface area contributed by atoms with Gasteiger partial charge in [-0.05, 0) is 36.4 Å². The van der Waals surface area contributed by atoms with Crippen molar-refractivity contribution < 1.29 is 18.9 Å². The molecule has 0 amide bonds. The van der Waals surface area contributed by atoms with Gasteiger partial charge in [-0.3, -0.25) is 0 Å². The second-order valence-electron chi connectivity index (χ2n) is 5.93. The molecule has 0 saturated heterocycles. The van der Waals surface area contributed by atoms with Crippen molar-refractivity contribution in [3.05, 3.63) is 54.9 Å². The number of ether oxygens (including phenoxy) is 4. The smallest absolute Gasteiger partial charge is 0.142 e. The van der Waals surface area contributed by atoms with Gasteiger partial charge in [0.2, 0.25) is 0 Å². The molecule has 0 atom stereocenters. The molecule has 0 spiro atoms. The lowest BCUT2D eigenvalue weighted by atomic mass is 10.2. The van der Waals surface area contributed by atoms with E-state index in [1.165, 1.54) is 6.33 Å². The maximum atomic E-state index is 5.70. The molecule has 2 aromatic carbocycles. The van der Waals surface area contributed by atoms with Crippen LogP contribution in [0.15, 0.2) is 54.9 Å². The lowest BCUT2D eigenvalue weighted by Gasteiger charge is -2.13. The highest BCUT2D eigenvalue weighted by Crippen LogP contribution is 2.31. The third-order valence-corrected chi connectivity index (χ3v) is 4.07. The van der Waals surface area contributed by atoms with E-state index in [-0.39, 0.29) is 0 Å². The first kappa shape index (κ1) is 20.1.